The summed E-state index contributed by atoms with van der Waals surface area (Å²) in [5.41, 5.74) is 0. The summed E-state index contributed by atoms with van der Waals surface area (Å²) in [5.74, 6) is -0.849. The number of esters is 2. The summed E-state index contributed by atoms with van der Waals surface area (Å²) in [4.78, 5) is 24.3. The molecular formula is C24H44O10. The molecule has 1 aliphatic heterocycles. The lowest BCUT2D eigenvalue weighted by atomic mass is 9.99. The smallest absolute Gasteiger partial charge is 0.306 e. The van der Waals surface area contributed by atoms with Gasteiger partial charge >= 0.3 is 11.9 Å². The lowest BCUT2D eigenvalue weighted by molar-refractivity contribution is -0.305. The zero-order valence-electron chi connectivity index (χ0n) is 20.6. The number of carbonyl (C=O) groups is 2. The predicted molar refractivity (Wildman–Crippen MR) is 123 cm³/mol. The summed E-state index contributed by atoms with van der Waals surface area (Å²) in [6.45, 7) is 3.09. The summed E-state index contributed by atoms with van der Waals surface area (Å²) < 4.78 is 21.5. The summed E-state index contributed by atoms with van der Waals surface area (Å²) in [5, 5.41) is 39.2. The van der Waals surface area contributed by atoms with E-state index in [9.17, 15) is 30.0 Å². The highest BCUT2D eigenvalue weighted by molar-refractivity contribution is 5.70. The van der Waals surface area contributed by atoms with Crippen LogP contribution in [0.3, 0.4) is 0 Å². The van der Waals surface area contributed by atoms with Gasteiger partial charge in [0.2, 0.25) is 0 Å². The van der Waals surface area contributed by atoms with Crippen LogP contribution >= 0.6 is 0 Å². The van der Waals surface area contributed by atoms with Crippen molar-refractivity contribution in [2.24, 2.45) is 0 Å². The molecule has 1 saturated heterocycles. The Balaban J connectivity index is 2.58. The second-order valence-corrected chi connectivity index (χ2v) is 8.80. The summed E-state index contributed by atoms with van der Waals surface area (Å²) in [6, 6.07) is 0. The Morgan fingerprint density at radius 3 is 2.06 bits per heavy atom. The maximum absolute atomic E-state index is 12.3. The van der Waals surface area contributed by atoms with Crippen LogP contribution in [0.4, 0.5) is 0 Å². The van der Waals surface area contributed by atoms with Crippen molar-refractivity contribution in [1.29, 1.82) is 0 Å². The van der Waals surface area contributed by atoms with Gasteiger partial charge in [0.25, 0.3) is 0 Å². The van der Waals surface area contributed by atoms with Gasteiger partial charge in [-0.1, -0.05) is 58.8 Å². The normalized spacial score (nSPS) is 25.6. The fraction of sp³-hybridized carbons (Fsp3) is 0.917. The lowest BCUT2D eigenvalue weighted by Crippen LogP contribution is -2.59. The number of hydrogen-bond acceptors (Lipinski definition) is 10. The Bertz CT molecular complexity index is 556. The standard InChI is InChI=1S/C24H44O10/c1-3-5-7-8-9-11-13-20(27)33-17(15-31-19(26)12-10-6-4-2)16-32-24-23(30)22(29)21(28)18(14-25)34-24/h17-18,21-25,28-30H,3-16H2,1-2H3. The van der Waals surface area contributed by atoms with Gasteiger partial charge in [-0.25, -0.2) is 0 Å². The van der Waals surface area contributed by atoms with E-state index in [1.807, 2.05) is 6.92 Å². The van der Waals surface area contributed by atoms with Gasteiger partial charge in [0.1, 0.15) is 31.0 Å². The van der Waals surface area contributed by atoms with Crippen molar-refractivity contribution in [1.82, 2.24) is 0 Å². The van der Waals surface area contributed by atoms with Gasteiger partial charge in [0.05, 0.1) is 13.2 Å². The highest BCUT2D eigenvalue weighted by Gasteiger charge is 2.44. The summed E-state index contributed by atoms with van der Waals surface area (Å²) >= 11 is 0. The average Bonchev–Trinajstić information content (AvgIpc) is 2.82. The SMILES string of the molecule is CCCCCCCCC(=O)OC(COC(=O)CCCCC)COC1OC(CO)C(O)C(O)C1O. The van der Waals surface area contributed by atoms with E-state index in [0.29, 0.717) is 12.8 Å². The topological polar surface area (TPSA) is 152 Å². The number of aliphatic hydroxyl groups is 4. The molecule has 0 aliphatic carbocycles. The molecule has 0 bridgehead atoms. The maximum Gasteiger partial charge on any atom is 0.306 e. The Morgan fingerprint density at radius 2 is 1.38 bits per heavy atom. The summed E-state index contributed by atoms with van der Waals surface area (Å²) in [7, 11) is 0. The molecule has 0 aromatic rings. The molecule has 6 atom stereocenters. The van der Waals surface area contributed by atoms with Gasteiger partial charge in [-0.15, -0.1) is 0 Å². The first-order chi connectivity index (χ1) is 16.3. The second-order valence-electron chi connectivity index (χ2n) is 8.80. The van der Waals surface area contributed by atoms with Crippen molar-refractivity contribution in [3.05, 3.63) is 0 Å². The zero-order valence-corrected chi connectivity index (χ0v) is 20.6. The third-order valence-electron chi connectivity index (χ3n) is 5.74. The molecule has 1 aliphatic rings. The molecule has 0 spiro atoms. The van der Waals surface area contributed by atoms with Crippen molar-refractivity contribution in [3.8, 4) is 0 Å². The van der Waals surface area contributed by atoms with E-state index in [2.05, 4.69) is 6.92 Å². The van der Waals surface area contributed by atoms with Crippen LogP contribution in [-0.4, -0.2) is 89.0 Å². The minimum Gasteiger partial charge on any atom is -0.462 e. The monoisotopic (exact) mass is 492 g/mol. The molecule has 10 nitrogen and oxygen atoms in total. The lowest BCUT2D eigenvalue weighted by Gasteiger charge is -2.39. The second kappa shape index (κ2) is 18.0. The van der Waals surface area contributed by atoms with Gasteiger partial charge in [-0.3, -0.25) is 9.59 Å². The molecule has 0 amide bonds. The van der Waals surface area contributed by atoms with Crippen LogP contribution < -0.4 is 0 Å². The molecule has 10 heteroatoms. The molecule has 200 valence electrons. The molecular weight excluding hydrogens is 448 g/mol. The molecule has 4 N–H and O–H groups in total. The molecule has 0 radical (unpaired) electrons. The molecule has 6 unspecified atom stereocenters. The van der Waals surface area contributed by atoms with Crippen molar-refractivity contribution in [2.75, 3.05) is 19.8 Å². The van der Waals surface area contributed by atoms with E-state index in [1.165, 1.54) is 6.42 Å². The maximum atomic E-state index is 12.3. The van der Waals surface area contributed by atoms with Gasteiger partial charge in [0.15, 0.2) is 12.4 Å². The number of ether oxygens (including phenoxy) is 4. The van der Waals surface area contributed by atoms with Crippen molar-refractivity contribution < 1.29 is 49.0 Å². The molecule has 1 heterocycles. The number of aliphatic hydroxyl groups excluding tert-OH is 4. The third-order valence-corrected chi connectivity index (χ3v) is 5.74. The molecule has 34 heavy (non-hydrogen) atoms. The highest BCUT2D eigenvalue weighted by Crippen LogP contribution is 2.22. The van der Waals surface area contributed by atoms with Gasteiger partial charge < -0.3 is 39.4 Å². The number of hydrogen-bond donors (Lipinski definition) is 4. The van der Waals surface area contributed by atoms with Crippen molar-refractivity contribution in [2.45, 2.75) is 121 Å². The fourth-order valence-corrected chi connectivity index (χ4v) is 3.60. The van der Waals surface area contributed by atoms with E-state index >= 15 is 0 Å². The minimum atomic E-state index is -1.58. The minimum absolute atomic E-state index is 0.218. The van der Waals surface area contributed by atoms with Crippen molar-refractivity contribution >= 4 is 11.9 Å². The average molecular weight is 493 g/mol. The first-order valence-corrected chi connectivity index (χ1v) is 12.6. The van der Waals surface area contributed by atoms with E-state index in [1.54, 1.807) is 0 Å². The third kappa shape index (κ3) is 11.9. The van der Waals surface area contributed by atoms with Crippen LogP contribution in [0.25, 0.3) is 0 Å². The fourth-order valence-electron chi connectivity index (χ4n) is 3.60. The van der Waals surface area contributed by atoms with Gasteiger partial charge in [-0.2, -0.15) is 0 Å². The van der Waals surface area contributed by atoms with Crippen LogP contribution in [0, 0.1) is 0 Å². The molecule has 1 fully saturated rings. The van der Waals surface area contributed by atoms with Crippen LogP contribution in [0.2, 0.25) is 0 Å². The van der Waals surface area contributed by atoms with Crippen LogP contribution in [0.1, 0.15) is 84.5 Å². The number of carbonyl (C=O) groups excluding carboxylic acids is 2. The quantitative estimate of drug-likeness (QED) is 0.164. The largest absolute Gasteiger partial charge is 0.462 e. The van der Waals surface area contributed by atoms with Crippen LogP contribution in [0.5, 0.6) is 0 Å². The molecule has 0 aromatic carbocycles. The predicted octanol–water partition coefficient (Wildman–Crippen LogP) is 1.59. The zero-order chi connectivity index (χ0) is 25.3. The van der Waals surface area contributed by atoms with Crippen LogP contribution in [0.15, 0.2) is 0 Å². The first kappa shape index (κ1) is 30.7. The number of rotatable bonds is 18. The first-order valence-electron chi connectivity index (χ1n) is 12.6. The van der Waals surface area contributed by atoms with E-state index in [-0.39, 0.29) is 26.1 Å². The molecule has 0 saturated carbocycles. The van der Waals surface area contributed by atoms with E-state index in [4.69, 9.17) is 18.9 Å². The molecule has 0 aromatic heterocycles. The van der Waals surface area contributed by atoms with Gasteiger partial charge in [-0.05, 0) is 12.8 Å². The van der Waals surface area contributed by atoms with Gasteiger partial charge in [0, 0.05) is 12.8 Å². The Kier molecular flexibility index (Phi) is 16.3. The highest BCUT2D eigenvalue weighted by atomic mass is 16.7. The summed E-state index contributed by atoms with van der Waals surface area (Å²) in [6.07, 6.45) is 1.13. The van der Waals surface area contributed by atoms with Crippen molar-refractivity contribution in [3.63, 3.8) is 0 Å². The van der Waals surface area contributed by atoms with Crippen LogP contribution in [-0.2, 0) is 28.5 Å². The van der Waals surface area contributed by atoms with E-state index in [0.717, 1.165) is 38.5 Å². The number of unbranched alkanes of at least 4 members (excludes halogenated alkanes) is 7. The Morgan fingerprint density at radius 1 is 0.794 bits per heavy atom. The molecule has 1 rings (SSSR count). The Hall–Kier alpha value is -1.30. The Labute approximate surface area is 202 Å². The van der Waals surface area contributed by atoms with E-state index < -0.39 is 55.4 Å².